The van der Waals surface area contributed by atoms with Gasteiger partial charge in [0, 0.05) is 6.42 Å². The summed E-state index contributed by atoms with van der Waals surface area (Å²) < 4.78 is 28.7. The molecule has 0 aliphatic rings. The smallest absolute Gasteiger partial charge is 0.750 e. The van der Waals surface area contributed by atoms with Crippen LogP contribution in [0, 0.1) is 0 Å². The predicted molar refractivity (Wildman–Crippen MR) is 75.4 cm³/mol. The van der Waals surface area contributed by atoms with Crippen molar-refractivity contribution in [2.45, 2.75) is 71.1 Å². The SMILES string of the molecule is CCCCCCCCCCCC(=O)OC.O=S([O-])O.[Na+]. The standard InChI is InChI=1S/C13H26O2.Na.H2O3S/c1-3-4-5-6-7-8-9-10-11-12-13(14)15-2;;1-4(2)3/h3-12H2,1-2H3;;(H2,1,2,3)/q;+1;/p-1. The Labute approximate surface area is 147 Å². The molecule has 1 N–H and O–H groups in total. The van der Waals surface area contributed by atoms with Crippen molar-refractivity contribution < 1.29 is 52.4 Å². The first-order valence-electron chi connectivity index (χ1n) is 6.89. The third-order valence-corrected chi connectivity index (χ3v) is 2.71. The molecule has 0 saturated carbocycles. The van der Waals surface area contributed by atoms with Crippen molar-refractivity contribution in [2.24, 2.45) is 0 Å². The van der Waals surface area contributed by atoms with Crippen LogP contribution in [-0.2, 0) is 20.9 Å². The molecule has 7 heteroatoms. The van der Waals surface area contributed by atoms with Crippen LogP contribution in [0.4, 0.5) is 0 Å². The largest absolute Gasteiger partial charge is 1.00 e. The van der Waals surface area contributed by atoms with Gasteiger partial charge in [-0.25, -0.2) is 4.21 Å². The van der Waals surface area contributed by atoms with Crippen LogP contribution in [0.1, 0.15) is 71.1 Å². The quantitative estimate of drug-likeness (QED) is 0.273. The van der Waals surface area contributed by atoms with E-state index in [1.807, 2.05) is 0 Å². The molecule has 0 radical (unpaired) electrons. The van der Waals surface area contributed by atoms with Gasteiger partial charge in [-0.2, -0.15) is 0 Å². The molecule has 0 aromatic heterocycles. The summed E-state index contributed by atoms with van der Waals surface area (Å²) >= 11 is -2.86. The molecule has 5 nitrogen and oxygen atoms in total. The van der Waals surface area contributed by atoms with Crippen molar-refractivity contribution in [2.75, 3.05) is 7.11 Å². The molecule has 0 heterocycles. The molecular weight excluding hydrogens is 291 g/mol. The molecule has 0 rings (SSSR count). The molecule has 0 aliphatic carbocycles. The number of hydrogen-bond donors (Lipinski definition) is 1. The number of carbonyl (C=O) groups excluding carboxylic acids is 1. The topological polar surface area (TPSA) is 86.7 Å². The molecule has 0 aromatic rings. The van der Waals surface area contributed by atoms with Gasteiger partial charge >= 0.3 is 35.5 Å². The van der Waals surface area contributed by atoms with Gasteiger partial charge in [0.2, 0.25) is 0 Å². The van der Waals surface area contributed by atoms with E-state index in [0.717, 1.165) is 6.42 Å². The van der Waals surface area contributed by atoms with E-state index in [4.69, 9.17) is 13.3 Å². The number of ether oxygens (including phenoxy) is 1. The van der Waals surface area contributed by atoms with E-state index < -0.39 is 11.4 Å². The van der Waals surface area contributed by atoms with Gasteiger partial charge in [-0.15, -0.1) is 0 Å². The molecular formula is C13H27NaO5S. The third-order valence-electron chi connectivity index (χ3n) is 2.71. The monoisotopic (exact) mass is 318 g/mol. The Balaban J connectivity index is -0.000000508. The summed E-state index contributed by atoms with van der Waals surface area (Å²) in [6.07, 6.45) is 12.2. The van der Waals surface area contributed by atoms with Crippen molar-refractivity contribution >= 4 is 17.3 Å². The summed E-state index contributed by atoms with van der Waals surface area (Å²) in [7, 11) is 1.45. The second-order valence-corrected chi connectivity index (χ2v) is 4.81. The number of unbranched alkanes of at least 4 members (excludes halogenated alkanes) is 8. The zero-order chi connectivity index (χ0) is 14.9. The van der Waals surface area contributed by atoms with Gasteiger partial charge in [-0.05, 0) is 6.42 Å². The van der Waals surface area contributed by atoms with E-state index in [9.17, 15) is 4.79 Å². The van der Waals surface area contributed by atoms with E-state index in [1.54, 1.807) is 0 Å². The fraction of sp³-hybridized carbons (Fsp3) is 0.923. The Kier molecular flexibility index (Phi) is 27.8. The third kappa shape index (κ3) is 31.1. The number of carbonyl (C=O) groups is 1. The van der Waals surface area contributed by atoms with Gasteiger partial charge in [-0.1, -0.05) is 58.3 Å². The average molecular weight is 318 g/mol. The summed E-state index contributed by atoms with van der Waals surface area (Å²) in [5.74, 6) is -0.0713. The number of rotatable bonds is 10. The minimum atomic E-state index is -2.86. The van der Waals surface area contributed by atoms with E-state index >= 15 is 0 Å². The van der Waals surface area contributed by atoms with E-state index in [-0.39, 0.29) is 35.5 Å². The van der Waals surface area contributed by atoms with E-state index in [0.29, 0.717) is 6.42 Å². The molecule has 0 amide bonds. The molecule has 1 unspecified atom stereocenters. The number of methoxy groups -OCH3 is 1. The van der Waals surface area contributed by atoms with Gasteiger partial charge in [0.25, 0.3) is 0 Å². The van der Waals surface area contributed by atoms with Crippen molar-refractivity contribution in [3.8, 4) is 0 Å². The maximum absolute atomic E-state index is 10.8. The Morgan fingerprint density at radius 1 is 1.05 bits per heavy atom. The maximum atomic E-state index is 10.8. The van der Waals surface area contributed by atoms with E-state index in [2.05, 4.69) is 11.7 Å². The fourth-order valence-corrected chi connectivity index (χ4v) is 1.68. The van der Waals surface area contributed by atoms with Crippen molar-refractivity contribution in [3.63, 3.8) is 0 Å². The molecule has 116 valence electrons. The Hall–Kier alpha value is 0.540. The minimum Gasteiger partial charge on any atom is -0.750 e. The van der Waals surface area contributed by atoms with Crippen LogP contribution < -0.4 is 29.6 Å². The molecule has 0 aromatic carbocycles. The van der Waals surface area contributed by atoms with Gasteiger partial charge < -0.3 is 13.8 Å². The molecule has 0 aliphatic heterocycles. The Morgan fingerprint density at radius 2 is 1.40 bits per heavy atom. The molecule has 0 bridgehead atoms. The molecule has 20 heavy (non-hydrogen) atoms. The predicted octanol–water partition coefficient (Wildman–Crippen LogP) is 0.423. The molecule has 0 saturated heterocycles. The first kappa shape index (κ1) is 25.5. The van der Waals surface area contributed by atoms with Crippen LogP contribution in [0.2, 0.25) is 0 Å². The Bertz CT molecular complexity index is 223. The van der Waals surface area contributed by atoms with Crippen LogP contribution in [0.5, 0.6) is 0 Å². The van der Waals surface area contributed by atoms with Crippen LogP contribution in [0.3, 0.4) is 0 Å². The van der Waals surface area contributed by atoms with Crippen molar-refractivity contribution in [1.82, 2.24) is 0 Å². The van der Waals surface area contributed by atoms with Gasteiger partial charge in [0.1, 0.15) is 0 Å². The zero-order valence-corrected chi connectivity index (χ0v) is 15.9. The fourth-order valence-electron chi connectivity index (χ4n) is 1.68. The zero-order valence-electron chi connectivity index (χ0n) is 13.1. The summed E-state index contributed by atoms with van der Waals surface area (Å²) in [5, 5.41) is 0. The second kappa shape index (κ2) is 21.8. The summed E-state index contributed by atoms with van der Waals surface area (Å²) in [6.45, 7) is 2.24. The van der Waals surface area contributed by atoms with Crippen LogP contribution >= 0.6 is 0 Å². The van der Waals surface area contributed by atoms with Gasteiger partial charge in [-0.3, -0.25) is 4.79 Å². The van der Waals surface area contributed by atoms with Gasteiger partial charge in [0.05, 0.1) is 18.5 Å². The van der Waals surface area contributed by atoms with Crippen LogP contribution in [-0.4, -0.2) is 26.4 Å². The number of hydrogen-bond acceptors (Lipinski definition) is 4. The van der Waals surface area contributed by atoms with Gasteiger partial charge in [0.15, 0.2) is 0 Å². The van der Waals surface area contributed by atoms with Crippen molar-refractivity contribution in [3.05, 3.63) is 0 Å². The molecule has 0 fully saturated rings. The van der Waals surface area contributed by atoms with Crippen molar-refractivity contribution in [1.29, 1.82) is 0 Å². The normalized spacial score (nSPS) is 10.8. The summed E-state index contributed by atoms with van der Waals surface area (Å²) in [6, 6.07) is 0. The first-order chi connectivity index (χ1) is 9.04. The number of esters is 1. The summed E-state index contributed by atoms with van der Waals surface area (Å²) in [5.41, 5.74) is 0. The second-order valence-electron chi connectivity index (χ2n) is 4.37. The minimum absolute atomic E-state index is 0. The van der Waals surface area contributed by atoms with E-state index in [1.165, 1.54) is 58.5 Å². The molecule has 0 spiro atoms. The Morgan fingerprint density at radius 3 is 1.75 bits per heavy atom. The maximum Gasteiger partial charge on any atom is 1.00 e. The van der Waals surface area contributed by atoms with Crippen LogP contribution in [0.15, 0.2) is 0 Å². The van der Waals surface area contributed by atoms with Crippen LogP contribution in [0.25, 0.3) is 0 Å². The summed E-state index contributed by atoms with van der Waals surface area (Å²) in [4.78, 5) is 10.8. The molecule has 1 atom stereocenters. The average Bonchev–Trinajstić information content (AvgIpc) is 2.36. The first-order valence-corrected chi connectivity index (χ1v) is 7.92.